The molecule has 0 saturated carbocycles. The van der Waals surface area contributed by atoms with Crippen molar-refractivity contribution >= 4 is 15.7 Å². The van der Waals surface area contributed by atoms with E-state index < -0.39 is 9.84 Å². The number of amides is 1. The number of fused-ring (bicyclic) bond motifs is 1. The van der Waals surface area contributed by atoms with E-state index in [1.54, 1.807) is 12.4 Å². The predicted molar refractivity (Wildman–Crippen MR) is 98.3 cm³/mol. The molecule has 3 fully saturated rings. The molecule has 0 unspecified atom stereocenters. The molecule has 0 radical (unpaired) electrons. The molecule has 4 heterocycles. The van der Waals surface area contributed by atoms with Gasteiger partial charge in [-0.25, -0.2) is 8.42 Å². The van der Waals surface area contributed by atoms with Crippen LogP contribution in [0.15, 0.2) is 24.5 Å². The number of hydrogen-bond acceptors (Lipinski definition) is 6. The Kier molecular flexibility index (Phi) is 4.98. The molecule has 3 aliphatic rings. The van der Waals surface area contributed by atoms with Gasteiger partial charge in [-0.15, -0.1) is 0 Å². The second kappa shape index (κ2) is 7.25. The van der Waals surface area contributed by atoms with Crippen LogP contribution in [0.2, 0.25) is 0 Å². The minimum absolute atomic E-state index is 0.0857. The van der Waals surface area contributed by atoms with E-state index in [9.17, 15) is 13.2 Å². The van der Waals surface area contributed by atoms with E-state index in [2.05, 4.69) is 14.8 Å². The summed E-state index contributed by atoms with van der Waals surface area (Å²) in [6.07, 6.45) is 5.81. The maximum Gasteiger partial charge on any atom is 0.237 e. The molecule has 3 aliphatic heterocycles. The zero-order valence-electron chi connectivity index (χ0n) is 15.0. The van der Waals surface area contributed by atoms with Crippen LogP contribution < -0.4 is 0 Å². The lowest BCUT2D eigenvalue weighted by atomic mass is 10.0. The van der Waals surface area contributed by atoms with E-state index >= 15 is 0 Å². The Morgan fingerprint density at radius 1 is 1.04 bits per heavy atom. The number of sulfone groups is 1. The molecule has 1 amide bonds. The number of hydrogen-bond donors (Lipinski definition) is 0. The van der Waals surface area contributed by atoms with Crippen LogP contribution >= 0.6 is 0 Å². The van der Waals surface area contributed by atoms with E-state index in [4.69, 9.17) is 0 Å². The van der Waals surface area contributed by atoms with Crippen molar-refractivity contribution in [3.63, 3.8) is 0 Å². The molecule has 3 saturated heterocycles. The van der Waals surface area contributed by atoms with Crippen LogP contribution in [-0.2, 0) is 21.2 Å². The van der Waals surface area contributed by atoms with Crippen LogP contribution in [0.4, 0.5) is 0 Å². The van der Waals surface area contributed by atoms with Crippen LogP contribution in [0.25, 0.3) is 0 Å². The summed E-state index contributed by atoms with van der Waals surface area (Å²) in [4.78, 5) is 23.1. The summed E-state index contributed by atoms with van der Waals surface area (Å²) in [6.45, 7) is 4.39. The number of pyridine rings is 1. The summed E-state index contributed by atoms with van der Waals surface area (Å²) in [5.74, 6) is 0.328. The summed E-state index contributed by atoms with van der Waals surface area (Å²) in [6, 6.07) is 3.60. The van der Waals surface area contributed by atoms with Crippen molar-refractivity contribution in [2.45, 2.75) is 31.5 Å². The van der Waals surface area contributed by atoms with Crippen molar-refractivity contribution in [2.24, 2.45) is 0 Å². The summed E-state index contributed by atoms with van der Waals surface area (Å²) < 4.78 is 24.6. The van der Waals surface area contributed by atoms with Gasteiger partial charge in [0, 0.05) is 38.1 Å². The fourth-order valence-electron chi connectivity index (χ4n) is 4.48. The number of aromatic nitrogens is 1. The first kappa shape index (κ1) is 17.9. The minimum Gasteiger partial charge on any atom is -0.335 e. The van der Waals surface area contributed by atoms with E-state index in [0.29, 0.717) is 26.2 Å². The molecular weight excluding hydrogens is 352 g/mol. The highest BCUT2D eigenvalue weighted by molar-refractivity contribution is 7.91. The minimum atomic E-state index is -3.11. The van der Waals surface area contributed by atoms with Gasteiger partial charge in [-0.1, -0.05) is 0 Å². The molecule has 1 aromatic heterocycles. The molecule has 4 rings (SSSR count). The van der Waals surface area contributed by atoms with Crippen molar-refractivity contribution in [3.05, 3.63) is 30.1 Å². The zero-order chi connectivity index (χ0) is 18.1. The third kappa shape index (κ3) is 3.77. The van der Waals surface area contributed by atoms with Gasteiger partial charge in [0.25, 0.3) is 0 Å². The highest BCUT2D eigenvalue weighted by Gasteiger charge is 2.47. The summed E-state index contributed by atoms with van der Waals surface area (Å²) in [5, 5.41) is 0. The average Bonchev–Trinajstić information content (AvgIpc) is 3.22. The van der Waals surface area contributed by atoms with E-state index in [1.807, 2.05) is 17.0 Å². The molecule has 7 nitrogen and oxygen atoms in total. The molecule has 26 heavy (non-hydrogen) atoms. The lowest BCUT2D eigenvalue weighted by molar-refractivity contribution is -0.138. The molecule has 8 heteroatoms. The SMILES string of the molecule is O=C(CN1CCCC1)N1CCN(Cc2ccncc2)[C@@H]2CS(=O)(=O)C[C@@H]21. The Labute approximate surface area is 154 Å². The molecule has 0 aliphatic carbocycles. The van der Waals surface area contributed by atoms with Crippen LogP contribution in [0, 0.1) is 0 Å². The first-order valence-electron chi connectivity index (χ1n) is 9.37. The number of likely N-dealkylation sites (tertiary alicyclic amines) is 1. The molecule has 1 aromatic rings. The fourth-order valence-corrected chi connectivity index (χ4v) is 6.49. The summed E-state index contributed by atoms with van der Waals surface area (Å²) >= 11 is 0. The van der Waals surface area contributed by atoms with Crippen molar-refractivity contribution in [1.82, 2.24) is 19.7 Å². The summed E-state index contributed by atoms with van der Waals surface area (Å²) in [7, 11) is -3.11. The Balaban J connectivity index is 1.49. The third-order valence-corrected chi connectivity index (χ3v) is 7.50. The summed E-state index contributed by atoms with van der Waals surface area (Å²) in [5.41, 5.74) is 1.12. The number of piperazine rings is 1. The molecule has 0 spiro atoms. The van der Waals surface area contributed by atoms with E-state index in [-0.39, 0.29) is 29.5 Å². The molecule has 0 aromatic carbocycles. The van der Waals surface area contributed by atoms with Gasteiger partial charge in [0.05, 0.1) is 24.1 Å². The second-order valence-corrected chi connectivity index (χ2v) is 9.76. The first-order valence-corrected chi connectivity index (χ1v) is 11.2. The van der Waals surface area contributed by atoms with Crippen LogP contribution in [0.3, 0.4) is 0 Å². The Morgan fingerprint density at radius 2 is 1.73 bits per heavy atom. The van der Waals surface area contributed by atoms with Crippen molar-refractivity contribution in [1.29, 1.82) is 0 Å². The number of carbonyl (C=O) groups excluding carboxylic acids is 1. The number of rotatable bonds is 4. The Bertz CT molecular complexity index is 749. The lowest BCUT2D eigenvalue weighted by Crippen LogP contribution is -2.61. The molecule has 142 valence electrons. The normalized spacial score (nSPS) is 29.0. The maximum atomic E-state index is 12.8. The zero-order valence-corrected chi connectivity index (χ0v) is 15.8. The van der Waals surface area contributed by atoms with Crippen LogP contribution in [0.5, 0.6) is 0 Å². The fraction of sp³-hybridized carbons (Fsp3) is 0.667. The van der Waals surface area contributed by atoms with Crippen LogP contribution in [0.1, 0.15) is 18.4 Å². The quantitative estimate of drug-likeness (QED) is 0.734. The highest BCUT2D eigenvalue weighted by atomic mass is 32.2. The topological polar surface area (TPSA) is 73.8 Å². The van der Waals surface area contributed by atoms with Gasteiger partial charge in [0.2, 0.25) is 5.91 Å². The van der Waals surface area contributed by atoms with E-state index in [1.165, 1.54) is 0 Å². The molecular formula is C18H26N4O3S. The monoisotopic (exact) mass is 378 g/mol. The largest absolute Gasteiger partial charge is 0.335 e. The van der Waals surface area contributed by atoms with Crippen molar-refractivity contribution < 1.29 is 13.2 Å². The lowest BCUT2D eigenvalue weighted by Gasteiger charge is -2.44. The number of nitrogens with zero attached hydrogens (tertiary/aromatic N) is 4. The average molecular weight is 378 g/mol. The van der Waals surface area contributed by atoms with Gasteiger partial charge in [-0.2, -0.15) is 0 Å². The van der Waals surface area contributed by atoms with Gasteiger partial charge in [0.1, 0.15) is 0 Å². The first-order chi connectivity index (χ1) is 12.5. The maximum absolute atomic E-state index is 12.8. The van der Waals surface area contributed by atoms with Gasteiger partial charge < -0.3 is 4.90 Å². The highest BCUT2D eigenvalue weighted by Crippen LogP contribution is 2.28. The second-order valence-electron chi connectivity index (χ2n) is 7.61. The van der Waals surface area contributed by atoms with Gasteiger partial charge in [-0.05, 0) is 43.6 Å². The van der Waals surface area contributed by atoms with Crippen molar-refractivity contribution in [2.75, 3.05) is 44.2 Å². The van der Waals surface area contributed by atoms with Gasteiger partial charge in [0.15, 0.2) is 9.84 Å². The number of carbonyl (C=O) groups is 1. The van der Waals surface area contributed by atoms with E-state index in [0.717, 1.165) is 31.5 Å². The molecule has 0 bridgehead atoms. The van der Waals surface area contributed by atoms with Gasteiger partial charge in [-0.3, -0.25) is 19.6 Å². The molecule has 0 N–H and O–H groups in total. The Morgan fingerprint density at radius 3 is 2.46 bits per heavy atom. The van der Waals surface area contributed by atoms with Crippen LogP contribution in [-0.4, -0.2) is 90.3 Å². The van der Waals surface area contributed by atoms with Crippen molar-refractivity contribution in [3.8, 4) is 0 Å². The molecule has 2 atom stereocenters. The van der Waals surface area contributed by atoms with Gasteiger partial charge >= 0.3 is 0 Å². The smallest absolute Gasteiger partial charge is 0.237 e. The standard InChI is InChI=1S/C18H26N4O3S/c23-18(12-20-7-1-2-8-20)22-10-9-21(11-15-3-5-19-6-4-15)16-13-26(24,25)14-17(16)22/h3-6,16-17H,1-2,7-14H2/t16-,17+/m1/s1. The third-order valence-electron chi connectivity index (χ3n) is 5.80. The Hall–Kier alpha value is -1.51. The predicted octanol–water partition coefficient (Wildman–Crippen LogP) is -0.0128.